The summed E-state index contributed by atoms with van der Waals surface area (Å²) in [6.07, 6.45) is 3.30. The fourth-order valence-electron chi connectivity index (χ4n) is 5.49. The first-order valence-electron chi connectivity index (χ1n) is 14.0. The van der Waals surface area contributed by atoms with Gasteiger partial charge < -0.3 is 14.4 Å². The molecule has 10 heteroatoms. The number of halogens is 1. The van der Waals surface area contributed by atoms with Crippen LogP contribution in [0.15, 0.2) is 96.0 Å². The molecule has 2 aliphatic rings. The van der Waals surface area contributed by atoms with Gasteiger partial charge in [0, 0.05) is 16.8 Å². The number of carbonyl (C=O) groups is 1. The Morgan fingerprint density at radius 2 is 1.86 bits per heavy atom. The van der Waals surface area contributed by atoms with Crippen LogP contribution in [0.1, 0.15) is 43.9 Å². The zero-order valence-corrected chi connectivity index (χ0v) is 27.4. The van der Waals surface area contributed by atoms with Gasteiger partial charge in [-0.15, -0.1) is 0 Å². The molecule has 0 saturated heterocycles. The third-order valence-corrected chi connectivity index (χ3v) is 10.2. The summed E-state index contributed by atoms with van der Waals surface area (Å²) < 4.78 is 13.9. The highest BCUT2D eigenvalue weighted by Gasteiger charge is 2.34. The summed E-state index contributed by atoms with van der Waals surface area (Å²) in [5.41, 5.74) is 4.82. The SMILES string of the molecule is CCCC1=C(C(=O)OCC)[C@@H](c2ccc(OC)c(Br)c2)n2c(s/c(=C/c3ccc4c(c3)Sc3ccccc3N4C)c2=O)=N1. The molecule has 0 N–H and O–H groups in total. The maximum Gasteiger partial charge on any atom is 0.338 e. The molecule has 43 heavy (non-hydrogen) atoms. The van der Waals surface area contributed by atoms with Crippen LogP contribution in [-0.4, -0.2) is 31.3 Å². The van der Waals surface area contributed by atoms with Gasteiger partial charge in [-0.05, 0) is 82.9 Å². The van der Waals surface area contributed by atoms with Crippen molar-refractivity contribution in [3.63, 3.8) is 0 Å². The summed E-state index contributed by atoms with van der Waals surface area (Å²) in [5.74, 6) is 0.196. The molecule has 3 aromatic carbocycles. The highest BCUT2D eigenvalue weighted by Crippen LogP contribution is 2.47. The minimum absolute atomic E-state index is 0.203. The maximum atomic E-state index is 14.2. The minimum atomic E-state index is -0.689. The van der Waals surface area contributed by atoms with Crippen LogP contribution in [0.3, 0.4) is 0 Å². The molecule has 0 aliphatic carbocycles. The van der Waals surface area contributed by atoms with E-state index in [0.717, 1.165) is 32.6 Å². The molecule has 0 bridgehead atoms. The molecule has 1 atom stereocenters. The molecular formula is C33H30BrN3O4S2. The predicted molar refractivity (Wildman–Crippen MR) is 175 cm³/mol. The first-order chi connectivity index (χ1) is 20.8. The molecule has 3 heterocycles. The second-order valence-corrected chi connectivity index (χ2v) is 13.1. The van der Waals surface area contributed by atoms with E-state index in [2.05, 4.69) is 52.1 Å². The van der Waals surface area contributed by atoms with E-state index in [1.54, 1.807) is 30.4 Å². The Hall–Kier alpha value is -3.60. The van der Waals surface area contributed by atoms with Gasteiger partial charge in [-0.1, -0.05) is 60.7 Å². The molecule has 1 aromatic heterocycles. The number of fused-ring (bicyclic) bond motifs is 3. The van der Waals surface area contributed by atoms with E-state index in [1.807, 2.05) is 49.4 Å². The number of para-hydroxylation sites is 1. The van der Waals surface area contributed by atoms with Crippen molar-refractivity contribution >= 4 is 62.4 Å². The van der Waals surface area contributed by atoms with Crippen molar-refractivity contribution in [1.29, 1.82) is 0 Å². The van der Waals surface area contributed by atoms with Crippen LogP contribution >= 0.6 is 39.0 Å². The zero-order valence-electron chi connectivity index (χ0n) is 24.2. The molecule has 0 unspecified atom stereocenters. The highest BCUT2D eigenvalue weighted by molar-refractivity contribution is 9.10. The number of ether oxygens (including phenoxy) is 2. The summed E-state index contributed by atoms with van der Waals surface area (Å²) in [4.78, 5) is 37.5. The van der Waals surface area contributed by atoms with Crippen molar-refractivity contribution in [3.8, 4) is 5.75 Å². The van der Waals surface area contributed by atoms with Crippen molar-refractivity contribution in [2.45, 2.75) is 42.5 Å². The average molecular weight is 677 g/mol. The lowest BCUT2D eigenvalue weighted by atomic mass is 9.94. The molecule has 4 aromatic rings. The van der Waals surface area contributed by atoms with Crippen molar-refractivity contribution in [2.75, 3.05) is 25.7 Å². The lowest BCUT2D eigenvalue weighted by Gasteiger charge is -2.29. The molecule has 7 nitrogen and oxygen atoms in total. The number of esters is 1. The predicted octanol–water partition coefficient (Wildman–Crippen LogP) is 6.58. The smallest absolute Gasteiger partial charge is 0.338 e. The summed E-state index contributed by atoms with van der Waals surface area (Å²) in [7, 11) is 3.67. The van der Waals surface area contributed by atoms with Gasteiger partial charge in [0.25, 0.3) is 5.56 Å². The zero-order chi connectivity index (χ0) is 30.2. The Morgan fingerprint density at radius 1 is 1.07 bits per heavy atom. The van der Waals surface area contributed by atoms with Crippen molar-refractivity contribution < 1.29 is 14.3 Å². The average Bonchev–Trinajstić information content (AvgIpc) is 3.30. The van der Waals surface area contributed by atoms with Crippen LogP contribution in [0.25, 0.3) is 6.08 Å². The van der Waals surface area contributed by atoms with Gasteiger partial charge in [0.05, 0.1) is 51.4 Å². The molecule has 0 amide bonds. The number of methoxy groups -OCH3 is 1. The number of hydrogen-bond donors (Lipinski definition) is 0. The Bertz CT molecular complexity index is 1960. The number of aromatic nitrogens is 1. The van der Waals surface area contributed by atoms with Gasteiger partial charge in [0.2, 0.25) is 0 Å². The monoisotopic (exact) mass is 675 g/mol. The number of benzene rings is 3. The van der Waals surface area contributed by atoms with Crippen molar-refractivity contribution in [3.05, 3.63) is 107 Å². The Kier molecular flexibility index (Phi) is 8.35. The normalized spacial score (nSPS) is 15.9. The quantitative estimate of drug-likeness (QED) is 0.206. The number of anilines is 2. The third-order valence-electron chi connectivity index (χ3n) is 7.47. The van der Waals surface area contributed by atoms with Gasteiger partial charge in [-0.3, -0.25) is 9.36 Å². The fourth-order valence-corrected chi connectivity index (χ4v) is 8.26. The third kappa shape index (κ3) is 5.36. The maximum absolute atomic E-state index is 14.2. The summed E-state index contributed by atoms with van der Waals surface area (Å²) >= 11 is 6.65. The number of allylic oxidation sites excluding steroid dienone is 1. The van der Waals surface area contributed by atoms with Gasteiger partial charge >= 0.3 is 5.97 Å². The second kappa shape index (κ2) is 12.2. The second-order valence-electron chi connectivity index (χ2n) is 10.2. The van der Waals surface area contributed by atoms with E-state index in [-0.39, 0.29) is 12.2 Å². The number of thiazole rings is 1. The number of carbonyl (C=O) groups excluding carboxylic acids is 1. The number of hydrogen-bond acceptors (Lipinski definition) is 8. The molecule has 0 spiro atoms. The minimum Gasteiger partial charge on any atom is -0.496 e. The summed E-state index contributed by atoms with van der Waals surface area (Å²) in [5, 5.41) is 0. The summed E-state index contributed by atoms with van der Waals surface area (Å²) in [6.45, 7) is 4.05. The molecule has 0 radical (unpaired) electrons. The van der Waals surface area contributed by atoms with Gasteiger partial charge in [0.1, 0.15) is 5.75 Å². The molecule has 2 aliphatic heterocycles. The highest BCUT2D eigenvalue weighted by atomic mass is 79.9. The molecule has 0 saturated carbocycles. The van der Waals surface area contributed by atoms with E-state index in [9.17, 15) is 9.59 Å². The van der Waals surface area contributed by atoms with Crippen LogP contribution in [0.2, 0.25) is 0 Å². The number of nitrogens with zero attached hydrogens (tertiary/aromatic N) is 3. The largest absolute Gasteiger partial charge is 0.496 e. The van der Waals surface area contributed by atoms with Gasteiger partial charge in [0.15, 0.2) is 4.80 Å². The van der Waals surface area contributed by atoms with Gasteiger partial charge in [-0.2, -0.15) is 0 Å². The van der Waals surface area contributed by atoms with E-state index in [1.165, 1.54) is 21.9 Å². The van der Waals surface area contributed by atoms with Crippen LogP contribution < -0.4 is 24.5 Å². The van der Waals surface area contributed by atoms with E-state index < -0.39 is 12.0 Å². The van der Waals surface area contributed by atoms with Gasteiger partial charge in [-0.25, -0.2) is 9.79 Å². The van der Waals surface area contributed by atoms with Crippen molar-refractivity contribution in [2.24, 2.45) is 4.99 Å². The lowest BCUT2D eigenvalue weighted by molar-refractivity contribution is -0.139. The fraction of sp³-hybridized carbons (Fsp3) is 0.242. The van der Waals surface area contributed by atoms with E-state index >= 15 is 0 Å². The standard InChI is InChI=1S/C33H30BrN3O4S2/c1-5-9-22-29(32(39)41-6-2)30(20-13-15-25(40-4)21(34)18-20)37-31(38)28(43-33(37)35-22)17-19-12-14-24-27(16-19)42-26-11-8-7-10-23(26)36(24)3/h7-8,10-18,30H,5-6,9H2,1-4H3/b28-17+/t30-/m1/s1. The molecule has 0 fully saturated rings. The molecule has 220 valence electrons. The molecule has 6 rings (SSSR count). The van der Waals surface area contributed by atoms with Crippen LogP contribution in [-0.2, 0) is 9.53 Å². The Balaban J connectivity index is 1.51. The molecular weight excluding hydrogens is 646 g/mol. The lowest BCUT2D eigenvalue weighted by Crippen LogP contribution is -2.40. The van der Waals surface area contributed by atoms with Crippen LogP contribution in [0.4, 0.5) is 11.4 Å². The van der Waals surface area contributed by atoms with Crippen molar-refractivity contribution in [1.82, 2.24) is 4.57 Å². The van der Waals surface area contributed by atoms with E-state index in [0.29, 0.717) is 32.8 Å². The Morgan fingerprint density at radius 3 is 2.60 bits per heavy atom. The summed E-state index contributed by atoms with van der Waals surface area (Å²) in [6, 6.07) is 19.5. The Labute approximate surface area is 266 Å². The first kappa shape index (κ1) is 29.5. The van der Waals surface area contributed by atoms with Crippen LogP contribution in [0.5, 0.6) is 5.75 Å². The topological polar surface area (TPSA) is 73.1 Å². The van der Waals surface area contributed by atoms with E-state index in [4.69, 9.17) is 14.5 Å². The first-order valence-corrected chi connectivity index (χ1v) is 16.5. The van der Waals surface area contributed by atoms with Crippen LogP contribution in [0, 0.1) is 0 Å². The number of rotatable bonds is 7.